The van der Waals surface area contributed by atoms with Crippen molar-refractivity contribution in [2.75, 3.05) is 5.75 Å². The Morgan fingerprint density at radius 2 is 2.00 bits per heavy atom. The van der Waals surface area contributed by atoms with Crippen molar-refractivity contribution < 1.29 is 4.79 Å². The Balaban J connectivity index is 1.41. The number of benzene rings is 1. The number of aromatic nitrogens is 4. The Hall–Kier alpha value is -1.89. The third-order valence-corrected chi connectivity index (χ3v) is 5.16. The Morgan fingerprint density at radius 1 is 1.21 bits per heavy atom. The zero-order chi connectivity index (χ0) is 16.6. The highest BCUT2D eigenvalue weighted by Gasteiger charge is 2.15. The fraction of sp³-hybridized carbons (Fsp3) is 0.529. The lowest BCUT2D eigenvalue weighted by molar-refractivity contribution is -0.121. The Morgan fingerprint density at radius 3 is 2.79 bits per heavy atom. The van der Waals surface area contributed by atoms with Crippen LogP contribution in [0.3, 0.4) is 0 Å². The second-order valence-electron chi connectivity index (χ2n) is 6.05. The maximum atomic E-state index is 12.0. The van der Waals surface area contributed by atoms with E-state index < -0.39 is 0 Å². The molecule has 0 radical (unpaired) electrons. The first kappa shape index (κ1) is 17.0. The molecule has 1 saturated carbocycles. The molecule has 24 heavy (non-hydrogen) atoms. The molecule has 1 aromatic carbocycles. The second kappa shape index (κ2) is 8.82. The Bertz CT molecular complexity index is 639. The summed E-state index contributed by atoms with van der Waals surface area (Å²) in [5.74, 6) is 2.44. The maximum absolute atomic E-state index is 12.0. The molecule has 0 aliphatic heterocycles. The molecular formula is C17H23N5OS. The first-order valence-electron chi connectivity index (χ1n) is 8.53. The number of hydrogen-bond donors (Lipinski definition) is 1. The molecule has 0 unspecified atom stereocenters. The molecule has 1 fully saturated rings. The highest BCUT2D eigenvalue weighted by atomic mass is 32.2. The summed E-state index contributed by atoms with van der Waals surface area (Å²) in [6.45, 7) is 0. The summed E-state index contributed by atoms with van der Waals surface area (Å²) in [6, 6.07) is 10.2. The molecule has 3 rings (SSSR count). The summed E-state index contributed by atoms with van der Waals surface area (Å²) < 4.78 is 1.75. The van der Waals surface area contributed by atoms with Gasteiger partial charge in [0.25, 0.3) is 0 Å². The van der Waals surface area contributed by atoms with Crippen LogP contribution in [0.25, 0.3) is 5.69 Å². The molecule has 1 N–H and O–H groups in total. The minimum absolute atomic E-state index is 0.164. The number of carbonyl (C=O) groups is 1. The van der Waals surface area contributed by atoms with E-state index in [1.165, 1.54) is 19.3 Å². The maximum Gasteiger partial charge on any atom is 0.221 e. The number of thioether (sulfide) groups is 1. The lowest BCUT2D eigenvalue weighted by atomic mass is 9.95. The topological polar surface area (TPSA) is 72.7 Å². The fourth-order valence-electron chi connectivity index (χ4n) is 2.94. The van der Waals surface area contributed by atoms with Crippen LogP contribution in [0.2, 0.25) is 0 Å². The summed E-state index contributed by atoms with van der Waals surface area (Å²) in [5.41, 5.74) is 0.952. The van der Waals surface area contributed by atoms with Crippen LogP contribution < -0.4 is 5.32 Å². The third kappa shape index (κ3) is 4.80. The van der Waals surface area contributed by atoms with Crippen molar-refractivity contribution >= 4 is 17.7 Å². The number of tetrazole rings is 1. The van der Waals surface area contributed by atoms with Crippen LogP contribution in [-0.2, 0) is 10.5 Å². The third-order valence-electron chi connectivity index (χ3n) is 4.21. The van der Waals surface area contributed by atoms with Crippen LogP contribution in [0, 0.1) is 0 Å². The van der Waals surface area contributed by atoms with Crippen molar-refractivity contribution in [2.24, 2.45) is 0 Å². The predicted octanol–water partition coefficient (Wildman–Crippen LogP) is 2.73. The minimum atomic E-state index is 0.164. The lowest BCUT2D eigenvalue weighted by Crippen LogP contribution is -2.36. The average molecular weight is 345 g/mol. The van der Waals surface area contributed by atoms with Crippen molar-refractivity contribution in [3.63, 3.8) is 0 Å². The number of nitrogens with zero attached hydrogens (tertiary/aromatic N) is 4. The molecule has 0 saturated heterocycles. The zero-order valence-corrected chi connectivity index (χ0v) is 14.5. The highest BCUT2D eigenvalue weighted by molar-refractivity contribution is 7.98. The fourth-order valence-corrected chi connectivity index (χ4v) is 3.78. The SMILES string of the molecule is O=C(CCSCc1nnnn1-c1ccccc1)NC1CCCCC1. The molecule has 1 amide bonds. The van der Waals surface area contributed by atoms with Crippen LogP contribution >= 0.6 is 11.8 Å². The number of para-hydroxylation sites is 1. The number of rotatable bonds is 7. The molecule has 0 spiro atoms. The molecule has 2 aromatic rings. The smallest absolute Gasteiger partial charge is 0.221 e. The van der Waals surface area contributed by atoms with Gasteiger partial charge in [-0.15, -0.1) is 5.10 Å². The molecular weight excluding hydrogens is 322 g/mol. The number of carbonyl (C=O) groups excluding carboxylic acids is 1. The van der Waals surface area contributed by atoms with Gasteiger partial charge >= 0.3 is 0 Å². The quantitative estimate of drug-likeness (QED) is 0.781. The molecule has 6 nitrogen and oxygen atoms in total. The molecule has 128 valence electrons. The molecule has 1 aromatic heterocycles. The molecule has 7 heteroatoms. The summed E-state index contributed by atoms with van der Waals surface area (Å²) in [4.78, 5) is 12.0. The van der Waals surface area contributed by atoms with Crippen molar-refractivity contribution in [2.45, 2.75) is 50.3 Å². The average Bonchev–Trinajstić information content (AvgIpc) is 3.09. The van der Waals surface area contributed by atoms with Crippen molar-refractivity contribution in [3.8, 4) is 5.69 Å². The van der Waals surface area contributed by atoms with Gasteiger partial charge in [0, 0.05) is 18.2 Å². The zero-order valence-electron chi connectivity index (χ0n) is 13.7. The largest absolute Gasteiger partial charge is 0.353 e. The van der Waals surface area contributed by atoms with E-state index in [2.05, 4.69) is 20.8 Å². The van der Waals surface area contributed by atoms with Crippen LogP contribution in [0.15, 0.2) is 30.3 Å². The minimum Gasteiger partial charge on any atom is -0.353 e. The summed E-state index contributed by atoms with van der Waals surface area (Å²) >= 11 is 1.69. The van der Waals surface area contributed by atoms with E-state index in [1.54, 1.807) is 16.4 Å². The van der Waals surface area contributed by atoms with Gasteiger partial charge in [0.1, 0.15) is 0 Å². The van der Waals surface area contributed by atoms with Crippen LogP contribution in [0.1, 0.15) is 44.3 Å². The standard InChI is InChI=1S/C17H23N5OS/c23-17(18-14-7-3-1-4-8-14)11-12-24-13-16-19-20-21-22(16)15-9-5-2-6-10-15/h2,5-6,9-10,14H,1,3-4,7-8,11-13H2,(H,18,23). The van der Waals surface area contributed by atoms with E-state index in [0.29, 0.717) is 18.2 Å². The van der Waals surface area contributed by atoms with Crippen molar-refractivity contribution in [3.05, 3.63) is 36.2 Å². The van der Waals surface area contributed by atoms with Gasteiger partial charge in [-0.25, -0.2) is 0 Å². The van der Waals surface area contributed by atoms with Crippen molar-refractivity contribution in [1.29, 1.82) is 0 Å². The van der Waals surface area contributed by atoms with Gasteiger partial charge < -0.3 is 5.32 Å². The monoisotopic (exact) mass is 345 g/mol. The number of amides is 1. The Kier molecular flexibility index (Phi) is 6.23. The van der Waals surface area contributed by atoms with Crippen LogP contribution in [-0.4, -0.2) is 37.9 Å². The van der Waals surface area contributed by atoms with E-state index in [-0.39, 0.29) is 5.91 Å². The van der Waals surface area contributed by atoms with Gasteiger partial charge in [-0.2, -0.15) is 16.4 Å². The summed E-state index contributed by atoms with van der Waals surface area (Å²) in [5, 5.41) is 15.0. The van der Waals surface area contributed by atoms with Crippen molar-refractivity contribution in [1.82, 2.24) is 25.5 Å². The number of hydrogen-bond acceptors (Lipinski definition) is 5. The lowest BCUT2D eigenvalue weighted by Gasteiger charge is -2.22. The predicted molar refractivity (Wildman–Crippen MR) is 94.9 cm³/mol. The highest BCUT2D eigenvalue weighted by Crippen LogP contribution is 2.18. The van der Waals surface area contributed by atoms with E-state index >= 15 is 0 Å². The van der Waals surface area contributed by atoms with Gasteiger partial charge in [0.05, 0.1) is 11.4 Å². The summed E-state index contributed by atoms with van der Waals surface area (Å²) in [6.07, 6.45) is 6.59. The first-order valence-corrected chi connectivity index (χ1v) is 9.68. The normalized spacial score (nSPS) is 15.3. The van der Waals surface area contributed by atoms with Gasteiger partial charge in [-0.1, -0.05) is 37.5 Å². The van der Waals surface area contributed by atoms with E-state index in [0.717, 1.165) is 30.1 Å². The van der Waals surface area contributed by atoms with E-state index in [9.17, 15) is 4.79 Å². The van der Waals surface area contributed by atoms with Crippen LogP contribution in [0.5, 0.6) is 0 Å². The molecule has 1 heterocycles. The number of nitrogens with one attached hydrogen (secondary N) is 1. The first-order chi connectivity index (χ1) is 11.8. The molecule has 0 atom stereocenters. The second-order valence-corrected chi connectivity index (χ2v) is 7.15. The van der Waals surface area contributed by atoms with Gasteiger partial charge in [0.2, 0.25) is 5.91 Å². The molecule has 1 aliphatic rings. The van der Waals surface area contributed by atoms with Gasteiger partial charge in [-0.3, -0.25) is 4.79 Å². The van der Waals surface area contributed by atoms with Gasteiger partial charge in [0.15, 0.2) is 5.82 Å². The van der Waals surface area contributed by atoms with E-state index in [1.807, 2.05) is 30.3 Å². The Labute approximate surface area is 146 Å². The molecule has 1 aliphatic carbocycles. The van der Waals surface area contributed by atoms with E-state index in [4.69, 9.17) is 0 Å². The van der Waals surface area contributed by atoms with Crippen LogP contribution in [0.4, 0.5) is 0 Å². The van der Waals surface area contributed by atoms with Gasteiger partial charge in [-0.05, 0) is 35.4 Å². The molecule has 0 bridgehead atoms. The summed E-state index contributed by atoms with van der Waals surface area (Å²) in [7, 11) is 0.